The Bertz CT molecular complexity index is 1150. The summed E-state index contributed by atoms with van der Waals surface area (Å²) in [5.41, 5.74) is 1.53. The minimum Gasteiger partial charge on any atom is -0.396 e. The topological polar surface area (TPSA) is 85.3 Å². The molecule has 0 atom stereocenters. The van der Waals surface area contributed by atoms with Gasteiger partial charge in [0.1, 0.15) is 5.82 Å². The van der Waals surface area contributed by atoms with E-state index in [0.29, 0.717) is 36.6 Å². The maximum Gasteiger partial charge on any atom is 0.332 e. The Morgan fingerprint density at radius 3 is 2.45 bits per heavy atom. The van der Waals surface area contributed by atoms with Crippen LogP contribution in [0.3, 0.4) is 0 Å². The van der Waals surface area contributed by atoms with E-state index in [9.17, 15) is 14.7 Å². The molecule has 0 saturated carbocycles. The van der Waals surface area contributed by atoms with Crippen molar-refractivity contribution < 1.29 is 5.11 Å². The molecule has 1 aliphatic rings. The zero-order valence-electron chi connectivity index (χ0n) is 18.3. The zero-order valence-corrected chi connectivity index (χ0v) is 18.3. The van der Waals surface area contributed by atoms with Gasteiger partial charge >= 0.3 is 5.69 Å². The number of aromatic nitrogens is 4. The van der Waals surface area contributed by atoms with Crippen LogP contribution in [0.1, 0.15) is 30.7 Å². The van der Waals surface area contributed by atoms with Crippen molar-refractivity contribution in [3.05, 3.63) is 62.6 Å². The number of aryl methyl sites for hydroxylation is 2. The number of hydrogen-bond donors (Lipinski definition) is 1. The number of benzene rings is 1. The van der Waals surface area contributed by atoms with Crippen LogP contribution in [0, 0.1) is 5.92 Å². The van der Waals surface area contributed by atoms with E-state index in [1.807, 2.05) is 4.57 Å². The lowest BCUT2D eigenvalue weighted by atomic mass is 9.90. The Morgan fingerprint density at radius 2 is 1.77 bits per heavy atom. The van der Waals surface area contributed by atoms with E-state index in [0.717, 1.165) is 42.7 Å². The Morgan fingerprint density at radius 1 is 1.06 bits per heavy atom. The number of nitrogens with zero attached hydrogens (tertiary/aromatic N) is 5. The van der Waals surface area contributed by atoms with Crippen molar-refractivity contribution in [2.24, 2.45) is 20.0 Å². The molecule has 0 unspecified atom stereocenters. The fourth-order valence-electron chi connectivity index (χ4n) is 4.58. The van der Waals surface area contributed by atoms with Gasteiger partial charge in [0.15, 0.2) is 11.2 Å². The third-order valence-electron chi connectivity index (χ3n) is 6.41. The van der Waals surface area contributed by atoms with Gasteiger partial charge in [0.25, 0.3) is 5.56 Å². The molecular formula is C23H31N5O3. The summed E-state index contributed by atoms with van der Waals surface area (Å²) < 4.78 is 4.45. The lowest BCUT2D eigenvalue weighted by molar-refractivity contribution is 0.171. The predicted molar refractivity (Wildman–Crippen MR) is 120 cm³/mol. The molecule has 1 N–H and O–H groups in total. The monoisotopic (exact) mass is 425 g/mol. The first-order valence-corrected chi connectivity index (χ1v) is 11.0. The van der Waals surface area contributed by atoms with Gasteiger partial charge in [0.2, 0.25) is 0 Å². The fourth-order valence-corrected chi connectivity index (χ4v) is 4.58. The van der Waals surface area contributed by atoms with Gasteiger partial charge in [0.05, 0.1) is 6.54 Å². The van der Waals surface area contributed by atoms with Gasteiger partial charge in [-0.05, 0) is 50.3 Å². The summed E-state index contributed by atoms with van der Waals surface area (Å²) in [5, 5.41) is 9.34. The average Bonchev–Trinajstić information content (AvgIpc) is 3.15. The van der Waals surface area contributed by atoms with Gasteiger partial charge in [-0.2, -0.15) is 0 Å². The van der Waals surface area contributed by atoms with Gasteiger partial charge in [0, 0.05) is 27.2 Å². The van der Waals surface area contributed by atoms with Gasteiger partial charge in [-0.1, -0.05) is 30.3 Å². The minimum absolute atomic E-state index is 0.0378. The molecule has 0 amide bonds. The number of likely N-dealkylation sites (tertiary alicyclic amines) is 1. The maximum absolute atomic E-state index is 12.8. The zero-order chi connectivity index (χ0) is 22.0. The van der Waals surface area contributed by atoms with Crippen LogP contribution in [0.5, 0.6) is 0 Å². The van der Waals surface area contributed by atoms with Gasteiger partial charge in [-0.3, -0.25) is 18.8 Å². The second kappa shape index (κ2) is 9.20. The van der Waals surface area contributed by atoms with Crippen molar-refractivity contribution in [1.82, 2.24) is 23.6 Å². The van der Waals surface area contributed by atoms with Crippen molar-refractivity contribution in [3.8, 4) is 0 Å². The molecule has 8 nitrogen and oxygen atoms in total. The fraction of sp³-hybridized carbons (Fsp3) is 0.522. The lowest BCUT2D eigenvalue weighted by Crippen LogP contribution is -2.37. The number of aliphatic hydroxyl groups is 1. The first kappa shape index (κ1) is 21.5. The van der Waals surface area contributed by atoms with Crippen LogP contribution in [-0.2, 0) is 33.6 Å². The van der Waals surface area contributed by atoms with Crippen molar-refractivity contribution in [3.63, 3.8) is 0 Å². The number of aliphatic hydroxyl groups excluding tert-OH is 1. The predicted octanol–water partition coefficient (Wildman–Crippen LogP) is 1.27. The molecule has 1 aliphatic heterocycles. The summed E-state index contributed by atoms with van der Waals surface area (Å²) in [5.74, 6) is 1.46. The molecule has 1 fully saturated rings. The molecule has 0 spiro atoms. The number of imidazole rings is 1. The molecule has 31 heavy (non-hydrogen) atoms. The standard InChI is InChI=1S/C23H31N5O3/c1-25-21-20(22(30)26(2)23(25)31)28(11-6-14-29)19(24-21)16-27-12-9-18(10-13-27)15-17-7-4-3-5-8-17/h3-5,7-8,18,29H,6,9-16H2,1-2H3. The van der Waals surface area contributed by atoms with Crippen molar-refractivity contribution in [2.45, 2.75) is 38.8 Å². The highest BCUT2D eigenvalue weighted by molar-refractivity contribution is 5.71. The van der Waals surface area contributed by atoms with Crippen LogP contribution in [0.2, 0.25) is 0 Å². The minimum atomic E-state index is -0.377. The number of hydrogen-bond acceptors (Lipinski definition) is 5. The smallest absolute Gasteiger partial charge is 0.332 e. The first-order chi connectivity index (χ1) is 15.0. The third kappa shape index (κ3) is 4.36. The summed E-state index contributed by atoms with van der Waals surface area (Å²) in [6.07, 6.45) is 3.91. The Balaban J connectivity index is 1.54. The van der Waals surface area contributed by atoms with E-state index in [-0.39, 0.29) is 17.9 Å². The molecule has 0 bridgehead atoms. The van der Waals surface area contributed by atoms with Crippen LogP contribution in [0.25, 0.3) is 11.2 Å². The number of piperidine rings is 1. The van der Waals surface area contributed by atoms with E-state index >= 15 is 0 Å². The Labute approximate surface area is 181 Å². The van der Waals surface area contributed by atoms with E-state index in [1.165, 1.54) is 17.2 Å². The van der Waals surface area contributed by atoms with Gasteiger partial charge < -0.3 is 9.67 Å². The molecule has 1 saturated heterocycles. The molecule has 4 rings (SSSR count). The molecule has 0 radical (unpaired) electrons. The highest BCUT2D eigenvalue weighted by Gasteiger charge is 2.24. The van der Waals surface area contributed by atoms with Crippen LogP contribution >= 0.6 is 0 Å². The summed E-state index contributed by atoms with van der Waals surface area (Å²) in [4.78, 5) is 32.2. The molecule has 2 aromatic heterocycles. The van der Waals surface area contributed by atoms with E-state index in [4.69, 9.17) is 4.98 Å². The molecular weight excluding hydrogens is 394 g/mol. The van der Waals surface area contributed by atoms with Crippen LogP contribution in [0.4, 0.5) is 0 Å². The Hall–Kier alpha value is -2.71. The molecule has 8 heteroatoms. The van der Waals surface area contributed by atoms with Crippen molar-refractivity contribution >= 4 is 11.2 Å². The SMILES string of the molecule is Cn1c(=O)c2c(nc(CN3CCC(Cc4ccccc4)CC3)n2CCCO)n(C)c1=O. The largest absolute Gasteiger partial charge is 0.396 e. The van der Waals surface area contributed by atoms with Crippen molar-refractivity contribution in [1.29, 1.82) is 0 Å². The van der Waals surface area contributed by atoms with Gasteiger partial charge in [-0.15, -0.1) is 0 Å². The van der Waals surface area contributed by atoms with E-state index < -0.39 is 0 Å². The Kier molecular flexibility index (Phi) is 6.38. The quantitative estimate of drug-likeness (QED) is 0.616. The third-order valence-corrected chi connectivity index (χ3v) is 6.41. The first-order valence-electron chi connectivity index (χ1n) is 11.0. The van der Waals surface area contributed by atoms with Crippen LogP contribution in [-0.4, -0.2) is 48.4 Å². The lowest BCUT2D eigenvalue weighted by Gasteiger charge is -2.31. The normalized spacial score (nSPS) is 15.7. The molecule has 1 aromatic carbocycles. The summed E-state index contributed by atoms with van der Waals surface area (Å²) in [7, 11) is 3.14. The molecule has 3 heterocycles. The summed E-state index contributed by atoms with van der Waals surface area (Å²) in [6.45, 7) is 3.14. The van der Waals surface area contributed by atoms with Gasteiger partial charge in [-0.25, -0.2) is 9.78 Å². The van der Waals surface area contributed by atoms with Crippen molar-refractivity contribution in [2.75, 3.05) is 19.7 Å². The van der Waals surface area contributed by atoms with E-state index in [1.54, 1.807) is 7.05 Å². The molecule has 0 aliphatic carbocycles. The second-order valence-corrected chi connectivity index (χ2v) is 8.54. The highest BCUT2D eigenvalue weighted by atomic mass is 16.3. The van der Waals surface area contributed by atoms with Crippen LogP contribution in [0.15, 0.2) is 39.9 Å². The highest BCUT2D eigenvalue weighted by Crippen LogP contribution is 2.23. The van der Waals surface area contributed by atoms with E-state index in [2.05, 4.69) is 35.2 Å². The van der Waals surface area contributed by atoms with Crippen LogP contribution < -0.4 is 11.2 Å². The number of fused-ring (bicyclic) bond motifs is 1. The molecule has 3 aromatic rings. The second-order valence-electron chi connectivity index (χ2n) is 8.54. The summed E-state index contributed by atoms with van der Waals surface area (Å²) >= 11 is 0. The molecule has 166 valence electrons. The average molecular weight is 426 g/mol. The maximum atomic E-state index is 12.8. The summed E-state index contributed by atoms with van der Waals surface area (Å²) in [6, 6.07) is 10.6. The number of rotatable bonds is 7.